The number of halogens is 1. The normalized spacial score (nSPS) is 16.6. The molecule has 0 atom stereocenters. The van der Waals surface area contributed by atoms with Crippen molar-refractivity contribution in [1.29, 1.82) is 0 Å². The Bertz CT molecular complexity index is 423. The molecule has 1 aromatic rings. The predicted molar refractivity (Wildman–Crippen MR) is 68.5 cm³/mol. The molecule has 0 amide bonds. The second-order valence-corrected chi connectivity index (χ2v) is 4.98. The van der Waals surface area contributed by atoms with Gasteiger partial charge in [-0.05, 0) is 18.1 Å². The van der Waals surface area contributed by atoms with Crippen LogP contribution in [0, 0.1) is 11.7 Å². The fourth-order valence-corrected chi connectivity index (χ4v) is 2.61. The summed E-state index contributed by atoms with van der Waals surface area (Å²) < 4.78 is 18.7. The number of methoxy groups -OCH3 is 1. The monoisotopic (exact) mass is 250 g/mol. The van der Waals surface area contributed by atoms with Crippen LogP contribution in [0.2, 0.25) is 0 Å². The van der Waals surface area contributed by atoms with Crippen molar-refractivity contribution < 1.29 is 13.9 Å². The molecular weight excluding hydrogens is 231 g/mol. The van der Waals surface area contributed by atoms with Crippen LogP contribution in [0.15, 0.2) is 18.2 Å². The smallest absolute Gasteiger partial charge is 0.166 e. The number of rotatable bonds is 4. The van der Waals surface area contributed by atoms with Crippen molar-refractivity contribution in [3.8, 4) is 5.75 Å². The van der Waals surface area contributed by atoms with E-state index in [0.717, 1.165) is 12.8 Å². The van der Waals surface area contributed by atoms with Crippen molar-refractivity contribution in [3.05, 3.63) is 29.6 Å². The van der Waals surface area contributed by atoms with Gasteiger partial charge in [-0.25, -0.2) is 4.39 Å². The van der Waals surface area contributed by atoms with E-state index in [0.29, 0.717) is 18.1 Å². The Hall–Kier alpha value is -1.38. The zero-order chi connectivity index (χ0) is 13.0. The maximum Gasteiger partial charge on any atom is 0.166 e. The Kier molecular flexibility index (Phi) is 4.34. The van der Waals surface area contributed by atoms with Crippen molar-refractivity contribution in [2.75, 3.05) is 7.11 Å². The molecule has 0 aromatic heterocycles. The largest absolute Gasteiger partial charge is 0.497 e. The van der Waals surface area contributed by atoms with E-state index in [4.69, 9.17) is 4.74 Å². The Labute approximate surface area is 107 Å². The molecule has 1 fully saturated rings. The van der Waals surface area contributed by atoms with Gasteiger partial charge in [0, 0.05) is 12.5 Å². The quantitative estimate of drug-likeness (QED) is 0.755. The van der Waals surface area contributed by atoms with E-state index >= 15 is 0 Å². The Morgan fingerprint density at radius 3 is 2.67 bits per heavy atom. The Balaban J connectivity index is 2.03. The van der Waals surface area contributed by atoms with Gasteiger partial charge in [0.2, 0.25) is 0 Å². The lowest BCUT2D eigenvalue weighted by Crippen LogP contribution is -2.13. The van der Waals surface area contributed by atoms with E-state index in [1.165, 1.54) is 38.5 Å². The van der Waals surface area contributed by atoms with Crippen LogP contribution in [0.3, 0.4) is 0 Å². The molecule has 2 rings (SSSR count). The standard InChI is InChI=1S/C15H19FO2/c1-18-12-7-8-13(14(16)10-12)15(17)9-11-5-3-2-4-6-11/h7-8,10-11H,2-6,9H2,1H3. The Morgan fingerprint density at radius 1 is 1.33 bits per heavy atom. The summed E-state index contributed by atoms with van der Waals surface area (Å²) in [5.74, 6) is 0.326. The molecule has 0 radical (unpaired) electrons. The molecule has 1 saturated carbocycles. The zero-order valence-corrected chi connectivity index (χ0v) is 10.7. The number of benzene rings is 1. The lowest BCUT2D eigenvalue weighted by molar-refractivity contribution is 0.0946. The number of ketones is 1. The van der Waals surface area contributed by atoms with Gasteiger partial charge in [0.05, 0.1) is 12.7 Å². The van der Waals surface area contributed by atoms with E-state index in [2.05, 4.69) is 0 Å². The van der Waals surface area contributed by atoms with Gasteiger partial charge in [-0.1, -0.05) is 32.1 Å². The van der Waals surface area contributed by atoms with E-state index in [9.17, 15) is 9.18 Å². The highest BCUT2D eigenvalue weighted by Crippen LogP contribution is 2.28. The molecule has 0 unspecified atom stereocenters. The molecule has 1 aliphatic rings. The van der Waals surface area contributed by atoms with Gasteiger partial charge in [-0.2, -0.15) is 0 Å². The zero-order valence-electron chi connectivity index (χ0n) is 10.7. The number of Topliss-reactive ketones (excluding diaryl/α,β-unsaturated/α-hetero) is 1. The van der Waals surface area contributed by atoms with Crippen LogP contribution < -0.4 is 4.74 Å². The van der Waals surface area contributed by atoms with Crippen molar-refractivity contribution in [1.82, 2.24) is 0 Å². The lowest BCUT2D eigenvalue weighted by atomic mass is 9.85. The first-order chi connectivity index (χ1) is 8.70. The van der Waals surface area contributed by atoms with Crippen molar-refractivity contribution in [2.24, 2.45) is 5.92 Å². The third-order valence-corrected chi connectivity index (χ3v) is 3.68. The van der Waals surface area contributed by atoms with E-state index < -0.39 is 5.82 Å². The fraction of sp³-hybridized carbons (Fsp3) is 0.533. The molecule has 3 heteroatoms. The number of carbonyl (C=O) groups excluding carboxylic acids is 1. The van der Waals surface area contributed by atoms with Crippen LogP contribution in [0.4, 0.5) is 4.39 Å². The summed E-state index contributed by atoms with van der Waals surface area (Å²) >= 11 is 0. The second kappa shape index (κ2) is 5.98. The van der Waals surface area contributed by atoms with E-state index in [1.807, 2.05) is 0 Å². The summed E-state index contributed by atoms with van der Waals surface area (Å²) in [7, 11) is 1.48. The summed E-state index contributed by atoms with van der Waals surface area (Å²) in [6.07, 6.45) is 6.34. The molecule has 0 N–H and O–H groups in total. The van der Waals surface area contributed by atoms with Gasteiger partial charge in [0.1, 0.15) is 11.6 Å². The first kappa shape index (κ1) is 13.1. The minimum atomic E-state index is -0.477. The highest BCUT2D eigenvalue weighted by atomic mass is 19.1. The second-order valence-electron chi connectivity index (χ2n) is 4.98. The van der Waals surface area contributed by atoms with Crippen LogP contribution in [-0.2, 0) is 0 Å². The molecule has 18 heavy (non-hydrogen) atoms. The summed E-state index contributed by atoms with van der Waals surface area (Å²) in [6, 6.07) is 4.44. The van der Waals surface area contributed by atoms with E-state index in [-0.39, 0.29) is 11.3 Å². The molecule has 0 heterocycles. The fourth-order valence-electron chi connectivity index (χ4n) is 2.61. The van der Waals surface area contributed by atoms with Gasteiger partial charge < -0.3 is 4.74 Å². The number of ether oxygens (including phenoxy) is 1. The summed E-state index contributed by atoms with van der Waals surface area (Å²) in [6.45, 7) is 0. The van der Waals surface area contributed by atoms with Crippen molar-refractivity contribution in [2.45, 2.75) is 38.5 Å². The average molecular weight is 250 g/mol. The van der Waals surface area contributed by atoms with Crippen LogP contribution in [0.5, 0.6) is 5.75 Å². The highest BCUT2D eigenvalue weighted by Gasteiger charge is 2.20. The molecule has 98 valence electrons. The maximum absolute atomic E-state index is 13.7. The van der Waals surface area contributed by atoms with Gasteiger partial charge in [0.25, 0.3) is 0 Å². The lowest BCUT2D eigenvalue weighted by Gasteiger charge is -2.20. The molecule has 0 saturated heterocycles. The first-order valence-corrected chi connectivity index (χ1v) is 6.57. The third kappa shape index (κ3) is 3.09. The van der Waals surface area contributed by atoms with Crippen LogP contribution in [-0.4, -0.2) is 12.9 Å². The average Bonchev–Trinajstić information content (AvgIpc) is 2.39. The molecular formula is C15H19FO2. The van der Waals surface area contributed by atoms with Crippen molar-refractivity contribution in [3.63, 3.8) is 0 Å². The summed E-state index contributed by atoms with van der Waals surface area (Å²) in [4.78, 5) is 12.1. The van der Waals surface area contributed by atoms with Crippen LogP contribution in [0.1, 0.15) is 48.9 Å². The summed E-state index contributed by atoms with van der Waals surface area (Å²) in [5.41, 5.74) is 0.196. The van der Waals surface area contributed by atoms with Gasteiger partial charge in [-0.3, -0.25) is 4.79 Å². The molecule has 2 nitrogen and oxygen atoms in total. The third-order valence-electron chi connectivity index (χ3n) is 3.68. The summed E-state index contributed by atoms with van der Waals surface area (Å²) in [5, 5.41) is 0. The predicted octanol–water partition coefficient (Wildman–Crippen LogP) is 3.99. The molecule has 0 bridgehead atoms. The molecule has 1 aliphatic carbocycles. The van der Waals surface area contributed by atoms with Gasteiger partial charge in [-0.15, -0.1) is 0 Å². The van der Waals surface area contributed by atoms with E-state index in [1.54, 1.807) is 6.07 Å². The van der Waals surface area contributed by atoms with Crippen LogP contribution in [0.25, 0.3) is 0 Å². The molecule has 0 aliphatic heterocycles. The molecule has 1 aromatic carbocycles. The number of hydrogen-bond acceptors (Lipinski definition) is 2. The number of hydrogen-bond donors (Lipinski definition) is 0. The minimum Gasteiger partial charge on any atom is -0.497 e. The Morgan fingerprint density at radius 2 is 2.06 bits per heavy atom. The maximum atomic E-state index is 13.7. The highest BCUT2D eigenvalue weighted by molar-refractivity contribution is 5.96. The number of carbonyl (C=O) groups is 1. The SMILES string of the molecule is COc1ccc(C(=O)CC2CCCCC2)c(F)c1. The van der Waals surface area contributed by atoms with Crippen molar-refractivity contribution >= 4 is 5.78 Å². The van der Waals surface area contributed by atoms with Crippen LogP contribution >= 0.6 is 0 Å². The van der Waals surface area contributed by atoms with Gasteiger partial charge in [0.15, 0.2) is 5.78 Å². The van der Waals surface area contributed by atoms with Gasteiger partial charge >= 0.3 is 0 Å². The first-order valence-electron chi connectivity index (χ1n) is 6.57. The minimum absolute atomic E-state index is 0.0814. The molecule has 0 spiro atoms. The topological polar surface area (TPSA) is 26.3 Å².